The van der Waals surface area contributed by atoms with Crippen LogP contribution in [0.25, 0.3) is 0 Å². The van der Waals surface area contributed by atoms with Crippen LogP contribution in [0.4, 0.5) is 0 Å². The number of carbonyl (C=O) groups excluding carboxylic acids is 2. The molecule has 1 atom stereocenters. The molecule has 0 bridgehead atoms. The summed E-state index contributed by atoms with van der Waals surface area (Å²) < 4.78 is 5.05. The molecule has 6 nitrogen and oxygen atoms in total. The maximum Gasteiger partial charge on any atom is 0.306 e. The molecule has 0 fully saturated rings. The molecule has 0 aromatic carbocycles. The van der Waals surface area contributed by atoms with E-state index in [-0.39, 0.29) is 12.8 Å². The summed E-state index contributed by atoms with van der Waals surface area (Å²) in [4.78, 5) is 22.5. The molecule has 1 amide bonds. The topological polar surface area (TPSA) is 102 Å². The number of rotatable bonds is 6. The first-order chi connectivity index (χ1) is 7.76. The summed E-state index contributed by atoms with van der Waals surface area (Å²) in [5, 5.41) is 11.9. The number of nitrogens with two attached hydrogens (primary N) is 1. The number of amides is 1. The average Bonchev–Trinajstić information content (AvgIpc) is 2.20. The first-order valence-electron chi connectivity index (χ1n) is 5.64. The zero-order chi connectivity index (χ0) is 13.5. The van der Waals surface area contributed by atoms with E-state index in [9.17, 15) is 14.7 Å². The van der Waals surface area contributed by atoms with Gasteiger partial charge < -0.3 is 20.9 Å². The Morgan fingerprint density at radius 1 is 1.41 bits per heavy atom. The van der Waals surface area contributed by atoms with Gasteiger partial charge in [0.25, 0.3) is 0 Å². The van der Waals surface area contributed by atoms with Gasteiger partial charge in [-0.3, -0.25) is 9.59 Å². The van der Waals surface area contributed by atoms with Gasteiger partial charge in [-0.25, -0.2) is 0 Å². The molecule has 100 valence electrons. The second-order valence-corrected chi connectivity index (χ2v) is 4.72. The van der Waals surface area contributed by atoms with Gasteiger partial charge in [-0.05, 0) is 27.2 Å². The smallest absolute Gasteiger partial charge is 0.306 e. The lowest BCUT2D eigenvalue weighted by Gasteiger charge is -2.19. The van der Waals surface area contributed by atoms with E-state index in [4.69, 9.17) is 10.5 Å². The van der Waals surface area contributed by atoms with Crippen LogP contribution < -0.4 is 11.1 Å². The van der Waals surface area contributed by atoms with Crippen molar-refractivity contribution in [1.82, 2.24) is 5.32 Å². The van der Waals surface area contributed by atoms with E-state index in [1.807, 2.05) is 0 Å². The molecule has 0 unspecified atom stereocenters. The molecule has 0 aliphatic rings. The van der Waals surface area contributed by atoms with Crippen LogP contribution in [-0.4, -0.2) is 41.8 Å². The lowest BCUT2D eigenvalue weighted by Crippen LogP contribution is -2.37. The van der Waals surface area contributed by atoms with Gasteiger partial charge in [0.2, 0.25) is 5.91 Å². The van der Waals surface area contributed by atoms with Crippen molar-refractivity contribution >= 4 is 11.9 Å². The first-order valence-corrected chi connectivity index (χ1v) is 5.64. The molecule has 0 aliphatic carbocycles. The molecule has 0 aliphatic heterocycles. The van der Waals surface area contributed by atoms with Crippen molar-refractivity contribution in [3.63, 3.8) is 0 Å². The zero-order valence-corrected chi connectivity index (χ0v) is 10.7. The number of ether oxygens (including phenoxy) is 1. The van der Waals surface area contributed by atoms with Crippen LogP contribution in [0.1, 0.15) is 33.6 Å². The van der Waals surface area contributed by atoms with Crippen molar-refractivity contribution in [2.45, 2.75) is 45.3 Å². The Morgan fingerprint density at radius 3 is 2.47 bits per heavy atom. The molecule has 0 rings (SSSR count). The summed E-state index contributed by atoms with van der Waals surface area (Å²) in [7, 11) is 0. The molecule has 0 aromatic heterocycles. The Kier molecular flexibility index (Phi) is 6.75. The molecule has 6 heteroatoms. The highest BCUT2D eigenvalue weighted by molar-refractivity contribution is 5.81. The second-order valence-electron chi connectivity index (χ2n) is 4.72. The van der Waals surface area contributed by atoms with E-state index in [0.717, 1.165) is 0 Å². The van der Waals surface area contributed by atoms with Gasteiger partial charge in [0.15, 0.2) is 0 Å². The molecule has 0 radical (unpaired) electrons. The zero-order valence-electron chi connectivity index (χ0n) is 10.7. The third kappa shape index (κ3) is 8.65. The molecule has 0 heterocycles. The van der Waals surface area contributed by atoms with Crippen LogP contribution >= 0.6 is 0 Å². The van der Waals surface area contributed by atoms with E-state index in [1.165, 1.54) is 0 Å². The predicted molar refractivity (Wildman–Crippen MR) is 63.1 cm³/mol. The fraction of sp³-hybridized carbons (Fsp3) is 0.818. The van der Waals surface area contributed by atoms with Crippen LogP contribution in [0.3, 0.4) is 0 Å². The maximum absolute atomic E-state index is 11.3. The summed E-state index contributed by atoms with van der Waals surface area (Å²) in [5.74, 6) is -0.942. The van der Waals surface area contributed by atoms with Gasteiger partial charge in [0.1, 0.15) is 11.7 Å². The molecule has 4 N–H and O–H groups in total. The van der Waals surface area contributed by atoms with Gasteiger partial charge in [-0.15, -0.1) is 0 Å². The fourth-order valence-corrected chi connectivity index (χ4v) is 1.09. The Morgan fingerprint density at radius 2 is 2.00 bits per heavy atom. The lowest BCUT2D eigenvalue weighted by atomic mass is 10.1. The normalized spacial score (nSPS) is 13.0. The molecular weight excluding hydrogens is 224 g/mol. The van der Waals surface area contributed by atoms with Gasteiger partial charge in [0.05, 0.1) is 0 Å². The minimum absolute atomic E-state index is 0.00841. The van der Waals surface area contributed by atoms with Gasteiger partial charge in [-0.2, -0.15) is 0 Å². The van der Waals surface area contributed by atoms with E-state index < -0.39 is 23.6 Å². The van der Waals surface area contributed by atoms with Crippen molar-refractivity contribution in [2.75, 3.05) is 13.1 Å². The highest BCUT2D eigenvalue weighted by Gasteiger charge is 2.19. The third-order valence-corrected chi connectivity index (χ3v) is 1.79. The van der Waals surface area contributed by atoms with E-state index in [1.54, 1.807) is 20.8 Å². The Bertz CT molecular complexity index is 261. The quantitative estimate of drug-likeness (QED) is 0.551. The number of hydrogen-bond donors (Lipinski definition) is 3. The number of hydrogen-bond acceptors (Lipinski definition) is 5. The molecular formula is C11H22N2O4. The van der Waals surface area contributed by atoms with E-state index in [0.29, 0.717) is 13.1 Å². The van der Waals surface area contributed by atoms with Crippen LogP contribution in [0, 0.1) is 0 Å². The minimum atomic E-state index is -1.20. The fourth-order valence-electron chi connectivity index (χ4n) is 1.09. The highest BCUT2D eigenvalue weighted by Crippen LogP contribution is 2.10. The Hall–Kier alpha value is -1.14. The van der Waals surface area contributed by atoms with Crippen molar-refractivity contribution in [3.8, 4) is 0 Å². The molecule has 0 aromatic rings. The summed E-state index contributed by atoms with van der Waals surface area (Å²) >= 11 is 0. The van der Waals surface area contributed by atoms with Crippen molar-refractivity contribution in [3.05, 3.63) is 0 Å². The summed E-state index contributed by atoms with van der Waals surface area (Å²) in [6.45, 7) is 5.90. The maximum atomic E-state index is 11.3. The van der Waals surface area contributed by atoms with Crippen LogP contribution in [0.15, 0.2) is 0 Å². The lowest BCUT2D eigenvalue weighted by molar-refractivity contribution is -0.155. The monoisotopic (exact) mass is 246 g/mol. The van der Waals surface area contributed by atoms with Crippen molar-refractivity contribution in [2.24, 2.45) is 5.73 Å². The Balaban J connectivity index is 3.87. The largest absolute Gasteiger partial charge is 0.460 e. The minimum Gasteiger partial charge on any atom is -0.460 e. The SMILES string of the molecule is CC(C)(C)OC(=O)CC[C@H](O)C(=O)NCCN. The van der Waals surface area contributed by atoms with Crippen molar-refractivity contribution in [1.29, 1.82) is 0 Å². The number of aliphatic hydroxyl groups is 1. The first kappa shape index (κ1) is 15.9. The standard InChI is InChI=1S/C11H22N2O4/c1-11(2,3)17-9(15)5-4-8(14)10(16)13-7-6-12/h8,14H,4-7,12H2,1-3H3,(H,13,16)/t8-/m0/s1. The van der Waals surface area contributed by atoms with Crippen LogP contribution in [0.2, 0.25) is 0 Å². The van der Waals surface area contributed by atoms with Gasteiger partial charge in [0, 0.05) is 19.5 Å². The number of carbonyl (C=O) groups is 2. The summed E-state index contributed by atoms with van der Waals surface area (Å²) in [6, 6.07) is 0. The number of nitrogens with one attached hydrogen (secondary N) is 1. The van der Waals surface area contributed by atoms with Gasteiger partial charge in [-0.1, -0.05) is 0 Å². The highest BCUT2D eigenvalue weighted by atomic mass is 16.6. The number of esters is 1. The van der Waals surface area contributed by atoms with Crippen molar-refractivity contribution < 1.29 is 19.4 Å². The Labute approximate surface area is 102 Å². The summed E-state index contributed by atoms with van der Waals surface area (Å²) in [5.41, 5.74) is 4.65. The molecule has 0 saturated heterocycles. The molecule has 0 spiro atoms. The van der Waals surface area contributed by atoms with Crippen LogP contribution in [-0.2, 0) is 14.3 Å². The number of aliphatic hydroxyl groups excluding tert-OH is 1. The molecule has 17 heavy (non-hydrogen) atoms. The molecule has 0 saturated carbocycles. The third-order valence-electron chi connectivity index (χ3n) is 1.79. The second kappa shape index (κ2) is 7.24. The predicted octanol–water partition coefficient (Wildman–Crippen LogP) is -0.456. The van der Waals surface area contributed by atoms with E-state index >= 15 is 0 Å². The van der Waals surface area contributed by atoms with Crippen LogP contribution in [0.5, 0.6) is 0 Å². The summed E-state index contributed by atoms with van der Waals surface area (Å²) in [6.07, 6.45) is -1.14. The van der Waals surface area contributed by atoms with E-state index in [2.05, 4.69) is 5.32 Å². The van der Waals surface area contributed by atoms with Gasteiger partial charge >= 0.3 is 5.97 Å². The average molecular weight is 246 g/mol.